The van der Waals surface area contributed by atoms with Gasteiger partial charge in [-0.25, -0.2) is 4.79 Å². The van der Waals surface area contributed by atoms with Crippen LogP contribution in [0.1, 0.15) is 77.3 Å². The summed E-state index contributed by atoms with van der Waals surface area (Å²) < 4.78 is 6.29. The van der Waals surface area contributed by atoms with E-state index in [1.807, 2.05) is 13.0 Å². The molecule has 1 aliphatic heterocycles. The van der Waals surface area contributed by atoms with Crippen molar-refractivity contribution in [1.29, 1.82) is 0 Å². The number of aliphatic carboxylic acids is 1. The van der Waals surface area contributed by atoms with Gasteiger partial charge >= 0.3 is 5.97 Å². The normalized spacial score (nSPS) is 19.2. The van der Waals surface area contributed by atoms with Crippen LogP contribution in [0.5, 0.6) is 11.5 Å². The molecule has 31 heavy (non-hydrogen) atoms. The number of aromatic hydroxyl groups is 1. The van der Waals surface area contributed by atoms with Crippen LogP contribution in [-0.2, 0) is 4.79 Å². The average molecular weight is 425 g/mol. The third-order valence-corrected chi connectivity index (χ3v) is 5.73. The van der Waals surface area contributed by atoms with E-state index in [0.29, 0.717) is 5.57 Å². The van der Waals surface area contributed by atoms with E-state index in [1.54, 1.807) is 25.1 Å². The van der Waals surface area contributed by atoms with Crippen molar-refractivity contribution in [2.75, 3.05) is 0 Å². The second kappa shape index (κ2) is 11.0. The molecule has 168 valence electrons. The Hall–Kier alpha value is -2.75. The molecule has 2 rings (SSSR count). The van der Waals surface area contributed by atoms with Crippen LogP contribution in [-0.4, -0.2) is 21.8 Å². The first kappa shape index (κ1) is 24.5. The zero-order chi connectivity index (χ0) is 23.0. The van der Waals surface area contributed by atoms with E-state index in [4.69, 9.17) is 9.84 Å². The molecule has 0 amide bonds. The van der Waals surface area contributed by atoms with Gasteiger partial charge in [0.25, 0.3) is 0 Å². The van der Waals surface area contributed by atoms with E-state index in [-0.39, 0.29) is 11.4 Å². The summed E-state index contributed by atoms with van der Waals surface area (Å²) in [5, 5.41) is 18.6. The molecule has 0 saturated carbocycles. The number of allylic oxidation sites excluding steroid dienone is 5. The van der Waals surface area contributed by atoms with Crippen LogP contribution in [0.25, 0.3) is 6.08 Å². The predicted octanol–water partition coefficient (Wildman–Crippen LogP) is 7.13. The van der Waals surface area contributed by atoms with Crippen molar-refractivity contribution in [3.8, 4) is 11.5 Å². The minimum atomic E-state index is -0.844. The molecule has 1 unspecified atom stereocenters. The van der Waals surface area contributed by atoms with Gasteiger partial charge in [0.1, 0.15) is 17.1 Å². The lowest BCUT2D eigenvalue weighted by Crippen LogP contribution is -2.32. The lowest BCUT2D eigenvalue weighted by Gasteiger charge is -2.32. The summed E-state index contributed by atoms with van der Waals surface area (Å²) in [6.07, 6.45) is 16.0. The number of hydrogen-bond acceptors (Lipinski definition) is 3. The van der Waals surface area contributed by atoms with Gasteiger partial charge < -0.3 is 14.9 Å². The molecule has 1 aromatic rings. The lowest BCUT2D eigenvalue weighted by molar-refractivity contribution is -0.132. The highest BCUT2D eigenvalue weighted by molar-refractivity contribution is 5.85. The Kier molecular flexibility index (Phi) is 8.73. The number of hydrogen-bond donors (Lipinski definition) is 2. The van der Waals surface area contributed by atoms with E-state index >= 15 is 0 Å². The Morgan fingerprint density at radius 3 is 2.29 bits per heavy atom. The van der Waals surface area contributed by atoms with Gasteiger partial charge in [-0.15, -0.1) is 0 Å². The van der Waals surface area contributed by atoms with Crippen molar-refractivity contribution in [3.05, 3.63) is 64.3 Å². The van der Waals surface area contributed by atoms with Crippen LogP contribution in [0.3, 0.4) is 0 Å². The highest BCUT2D eigenvalue weighted by atomic mass is 16.5. The number of benzene rings is 1. The average Bonchev–Trinajstić information content (AvgIpc) is 2.68. The molecule has 4 nitrogen and oxygen atoms in total. The molecule has 0 saturated heterocycles. The van der Waals surface area contributed by atoms with Crippen molar-refractivity contribution in [2.45, 2.75) is 78.7 Å². The maximum absolute atomic E-state index is 10.8. The summed E-state index contributed by atoms with van der Waals surface area (Å²) in [5.74, 6) is 0.282. The molecule has 0 aromatic heterocycles. The van der Waals surface area contributed by atoms with Crippen molar-refractivity contribution < 1.29 is 19.7 Å². The fourth-order valence-electron chi connectivity index (χ4n) is 3.67. The van der Waals surface area contributed by atoms with Crippen LogP contribution in [0.4, 0.5) is 0 Å². The molecule has 1 heterocycles. The monoisotopic (exact) mass is 424 g/mol. The van der Waals surface area contributed by atoms with Gasteiger partial charge in [0, 0.05) is 11.1 Å². The third kappa shape index (κ3) is 7.78. The second-order valence-corrected chi connectivity index (χ2v) is 8.84. The molecule has 1 aromatic carbocycles. The van der Waals surface area contributed by atoms with Gasteiger partial charge in [0.15, 0.2) is 0 Å². The molecular formula is C27H36O4. The van der Waals surface area contributed by atoms with E-state index in [1.165, 1.54) is 11.1 Å². The molecule has 4 heteroatoms. The minimum Gasteiger partial charge on any atom is -0.508 e. The Labute approximate surface area is 186 Å². The highest BCUT2D eigenvalue weighted by Crippen LogP contribution is 2.38. The van der Waals surface area contributed by atoms with Crippen molar-refractivity contribution >= 4 is 12.0 Å². The van der Waals surface area contributed by atoms with Gasteiger partial charge in [0.2, 0.25) is 0 Å². The van der Waals surface area contributed by atoms with Gasteiger partial charge in [-0.2, -0.15) is 0 Å². The number of ether oxygens (including phenoxy) is 1. The van der Waals surface area contributed by atoms with E-state index in [9.17, 15) is 9.90 Å². The molecule has 1 atom stereocenters. The van der Waals surface area contributed by atoms with Crippen LogP contribution < -0.4 is 4.74 Å². The Morgan fingerprint density at radius 1 is 1.03 bits per heavy atom. The standard InChI is InChI=1S/C27H36O4/c1-19(11-7-13-21(3)26(29)30)9-6-10-20(2)12-8-15-27(5)16-14-23-18-24(28)17-22(4)25(23)31-27/h9,12-14,16-18,28H,6-8,10-11,15H2,1-5H3,(H,29,30)/b19-9+,20-12+,21-13+. The molecule has 0 radical (unpaired) electrons. The number of fused-ring (bicyclic) bond motifs is 1. The second-order valence-electron chi connectivity index (χ2n) is 8.84. The molecule has 0 bridgehead atoms. The molecule has 2 N–H and O–H groups in total. The van der Waals surface area contributed by atoms with E-state index in [2.05, 4.69) is 39.0 Å². The van der Waals surface area contributed by atoms with Gasteiger partial charge in [-0.3, -0.25) is 0 Å². The Morgan fingerprint density at radius 2 is 1.65 bits per heavy atom. The smallest absolute Gasteiger partial charge is 0.330 e. The topological polar surface area (TPSA) is 66.8 Å². The van der Waals surface area contributed by atoms with Gasteiger partial charge in [0.05, 0.1) is 0 Å². The summed E-state index contributed by atoms with van der Waals surface area (Å²) in [7, 11) is 0. The number of carbonyl (C=O) groups is 1. The number of carboxylic acid groups (broad SMARTS) is 1. The fraction of sp³-hybridized carbons (Fsp3) is 0.444. The summed E-state index contributed by atoms with van der Waals surface area (Å²) in [4.78, 5) is 10.8. The summed E-state index contributed by atoms with van der Waals surface area (Å²) in [5.41, 5.74) is 4.62. The predicted molar refractivity (Wildman–Crippen MR) is 128 cm³/mol. The molecule has 1 aliphatic rings. The molecular weight excluding hydrogens is 388 g/mol. The van der Waals surface area contributed by atoms with Crippen molar-refractivity contribution in [3.63, 3.8) is 0 Å². The number of rotatable bonds is 10. The van der Waals surface area contributed by atoms with Gasteiger partial charge in [-0.05, 0) is 96.9 Å². The van der Waals surface area contributed by atoms with Crippen molar-refractivity contribution in [1.82, 2.24) is 0 Å². The summed E-state index contributed by atoms with van der Waals surface area (Å²) >= 11 is 0. The number of aryl methyl sites for hydroxylation is 1. The Bertz CT molecular complexity index is 917. The number of phenols is 1. The largest absolute Gasteiger partial charge is 0.508 e. The van der Waals surface area contributed by atoms with E-state index in [0.717, 1.165) is 55.4 Å². The first-order valence-electron chi connectivity index (χ1n) is 11.0. The summed E-state index contributed by atoms with van der Waals surface area (Å²) in [6, 6.07) is 3.48. The first-order valence-corrected chi connectivity index (χ1v) is 11.0. The van der Waals surface area contributed by atoms with Gasteiger partial charge in [-0.1, -0.05) is 35.5 Å². The van der Waals surface area contributed by atoms with E-state index < -0.39 is 5.97 Å². The summed E-state index contributed by atoms with van der Waals surface area (Å²) in [6.45, 7) is 9.98. The first-order chi connectivity index (χ1) is 14.6. The SMILES string of the molecule is C/C(=C\CC/C(C)=C/CCC1(C)C=Cc2cc(O)cc(C)c2O1)CC/C=C(\C)C(=O)O. The third-order valence-electron chi connectivity index (χ3n) is 5.73. The zero-order valence-corrected chi connectivity index (χ0v) is 19.5. The van der Waals surface area contributed by atoms with Crippen LogP contribution in [0.15, 0.2) is 53.2 Å². The zero-order valence-electron chi connectivity index (χ0n) is 19.5. The van der Waals surface area contributed by atoms with Crippen LogP contribution in [0.2, 0.25) is 0 Å². The van der Waals surface area contributed by atoms with Crippen LogP contribution in [0, 0.1) is 6.92 Å². The highest BCUT2D eigenvalue weighted by Gasteiger charge is 2.27. The molecule has 0 aliphatic carbocycles. The number of phenolic OH excluding ortho intramolecular Hbond substituents is 1. The van der Waals surface area contributed by atoms with Crippen LogP contribution >= 0.6 is 0 Å². The fourth-order valence-corrected chi connectivity index (χ4v) is 3.67. The minimum absolute atomic E-state index is 0.266. The van der Waals surface area contributed by atoms with Crippen molar-refractivity contribution in [2.24, 2.45) is 0 Å². The quantitative estimate of drug-likeness (QED) is 0.310. The lowest BCUT2D eigenvalue weighted by atomic mass is 9.93. The number of carboxylic acids is 1. The molecule has 0 fully saturated rings. The maximum Gasteiger partial charge on any atom is 0.330 e. The molecule has 0 spiro atoms. The maximum atomic E-state index is 10.8. The Balaban J connectivity index is 1.79.